The molecule has 0 aromatic heterocycles. The van der Waals surface area contributed by atoms with Crippen LogP contribution >= 0.6 is 0 Å². The highest BCUT2D eigenvalue weighted by Gasteiger charge is 2.16. The molecule has 60 valence electrons. The maximum atomic E-state index is 5.88. The van der Waals surface area contributed by atoms with Crippen molar-refractivity contribution in [2.45, 2.75) is 25.9 Å². The summed E-state index contributed by atoms with van der Waals surface area (Å²) in [6.45, 7) is 5.35. The first-order valence-electron chi connectivity index (χ1n) is 4.05. The van der Waals surface area contributed by atoms with Gasteiger partial charge in [0.2, 0.25) is 0 Å². The summed E-state index contributed by atoms with van der Waals surface area (Å²) >= 11 is 0. The minimum atomic E-state index is 0.278. The predicted octanol–water partition coefficient (Wildman–Crippen LogP) is -0.0660. The molecule has 0 aromatic rings. The second-order valence-corrected chi connectivity index (χ2v) is 2.83. The van der Waals surface area contributed by atoms with Crippen molar-refractivity contribution in [3.63, 3.8) is 0 Å². The molecule has 1 unspecified atom stereocenters. The van der Waals surface area contributed by atoms with Crippen LogP contribution in [-0.4, -0.2) is 30.8 Å². The highest BCUT2D eigenvalue weighted by Crippen LogP contribution is 2.02. The second kappa shape index (κ2) is 3.91. The first-order valence-corrected chi connectivity index (χ1v) is 4.05. The molecule has 0 spiro atoms. The third kappa shape index (κ3) is 1.94. The van der Waals surface area contributed by atoms with E-state index in [1.807, 2.05) is 0 Å². The lowest BCUT2D eigenvalue weighted by atomic mass is 10.2. The Morgan fingerprint density at radius 3 is 3.00 bits per heavy atom. The van der Waals surface area contributed by atoms with Gasteiger partial charge in [-0.3, -0.25) is 4.90 Å². The van der Waals surface area contributed by atoms with Gasteiger partial charge in [-0.05, 0) is 6.42 Å². The van der Waals surface area contributed by atoms with Crippen LogP contribution in [0.25, 0.3) is 0 Å². The summed E-state index contributed by atoms with van der Waals surface area (Å²) in [6, 6.07) is 0. The fourth-order valence-electron chi connectivity index (χ4n) is 1.29. The third-order valence-electron chi connectivity index (χ3n) is 1.94. The molecule has 10 heavy (non-hydrogen) atoms. The van der Waals surface area contributed by atoms with Gasteiger partial charge in [-0.15, -0.1) is 0 Å². The van der Waals surface area contributed by atoms with E-state index in [9.17, 15) is 0 Å². The molecule has 1 heterocycles. The average molecular weight is 143 g/mol. The largest absolute Gasteiger partial charge is 0.316 e. The smallest absolute Gasteiger partial charge is 0.0583 e. The number of nitrogens with one attached hydrogen (secondary N) is 1. The lowest BCUT2D eigenvalue weighted by Crippen LogP contribution is -2.40. The van der Waals surface area contributed by atoms with Gasteiger partial charge in [-0.2, -0.15) is 0 Å². The van der Waals surface area contributed by atoms with E-state index in [1.165, 1.54) is 6.42 Å². The van der Waals surface area contributed by atoms with E-state index in [0.717, 1.165) is 26.2 Å². The van der Waals surface area contributed by atoms with Crippen molar-refractivity contribution in [2.24, 2.45) is 5.73 Å². The topological polar surface area (TPSA) is 41.3 Å². The Kier molecular flexibility index (Phi) is 3.12. The molecule has 3 nitrogen and oxygen atoms in total. The highest BCUT2D eigenvalue weighted by atomic mass is 15.3. The van der Waals surface area contributed by atoms with Crippen LogP contribution < -0.4 is 11.1 Å². The Morgan fingerprint density at radius 1 is 1.70 bits per heavy atom. The van der Waals surface area contributed by atoms with Crippen LogP contribution in [0.15, 0.2) is 0 Å². The summed E-state index contributed by atoms with van der Waals surface area (Å²) in [5.74, 6) is 0. The SMILES string of the molecule is CCCC(N)N1CCNC1. The Hall–Kier alpha value is -0.120. The van der Waals surface area contributed by atoms with Gasteiger partial charge in [-0.1, -0.05) is 13.3 Å². The Labute approximate surface area is 62.6 Å². The molecule has 1 aliphatic rings. The van der Waals surface area contributed by atoms with Crippen LogP contribution in [0.2, 0.25) is 0 Å². The predicted molar refractivity (Wildman–Crippen MR) is 42.5 cm³/mol. The quantitative estimate of drug-likeness (QED) is 0.581. The van der Waals surface area contributed by atoms with Crippen molar-refractivity contribution in [3.8, 4) is 0 Å². The van der Waals surface area contributed by atoms with Crippen LogP contribution in [0.4, 0.5) is 0 Å². The number of rotatable bonds is 3. The monoisotopic (exact) mass is 143 g/mol. The average Bonchev–Trinajstić information content (AvgIpc) is 2.38. The zero-order valence-corrected chi connectivity index (χ0v) is 6.64. The van der Waals surface area contributed by atoms with E-state index in [4.69, 9.17) is 5.73 Å². The molecule has 1 aliphatic heterocycles. The Balaban J connectivity index is 2.18. The van der Waals surface area contributed by atoms with Crippen molar-refractivity contribution in [1.29, 1.82) is 0 Å². The zero-order valence-electron chi connectivity index (χ0n) is 6.64. The fraction of sp³-hybridized carbons (Fsp3) is 1.00. The highest BCUT2D eigenvalue weighted by molar-refractivity contribution is 4.70. The van der Waals surface area contributed by atoms with E-state index in [1.54, 1.807) is 0 Å². The molecule has 3 heteroatoms. The molecule has 0 saturated carbocycles. The van der Waals surface area contributed by atoms with Crippen molar-refractivity contribution in [1.82, 2.24) is 10.2 Å². The molecule has 0 aliphatic carbocycles. The maximum Gasteiger partial charge on any atom is 0.0583 e. The first-order chi connectivity index (χ1) is 4.84. The lowest BCUT2D eigenvalue weighted by molar-refractivity contribution is 0.232. The van der Waals surface area contributed by atoms with Gasteiger partial charge in [0.15, 0.2) is 0 Å². The molecule has 0 radical (unpaired) electrons. The summed E-state index contributed by atoms with van der Waals surface area (Å²) in [5, 5.41) is 3.26. The standard InChI is InChI=1S/C7H17N3/c1-2-3-7(8)10-5-4-9-6-10/h7,9H,2-6,8H2,1H3. The minimum absolute atomic E-state index is 0.278. The van der Waals surface area contributed by atoms with Gasteiger partial charge in [-0.25, -0.2) is 0 Å². The second-order valence-electron chi connectivity index (χ2n) is 2.83. The molecule has 0 bridgehead atoms. The minimum Gasteiger partial charge on any atom is -0.316 e. The molecular weight excluding hydrogens is 126 g/mol. The Morgan fingerprint density at radius 2 is 2.50 bits per heavy atom. The van der Waals surface area contributed by atoms with Crippen molar-refractivity contribution < 1.29 is 0 Å². The van der Waals surface area contributed by atoms with E-state index in [2.05, 4.69) is 17.1 Å². The van der Waals surface area contributed by atoms with Crippen molar-refractivity contribution in [3.05, 3.63) is 0 Å². The molecular formula is C7H17N3. The summed E-state index contributed by atoms with van der Waals surface area (Å²) in [4.78, 5) is 2.28. The van der Waals surface area contributed by atoms with Crippen LogP contribution in [0.3, 0.4) is 0 Å². The maximum absolute atomic E-state index is 5.88. The number of hydrogen-bond acceptors (Lipinski definition) is 3. The van der Waals surface area contributed by atoms with E-state index < -0.39 is 0 Å². The summed E-state index contributed by atoms with van der Waals surface area (Å²) < 4.78 is 0. The molecule has 1 fully saturated rings. The van der Waals surface area contributed by atoms with Gasteiger partial charge >= 0.3 is 0 Å². The van der Waals surface area contributed by atoms with E-state index in [0.29, 0.717) is 0 Å². The van der Waals surface area contributed by atoms with Gasteiger partial charge in [0.05, 0.1) is 6.17 Å². The molecule has 3 N–H and O–H groups in total. The molecule has 0 aromatic carbocycles. The van der Waals surface area contributed by atoms with Crippen LogP contribution in [-0.2, 0) is 0 Å². The van der Waals surface area contributed by atoms with E-state index in [-0.39, 0.29) is 6.17 Å². The van der Waals surface area contributed by atoms with Crippen LogP contribution in [0.1, 0.15) is 19.8 Å². The van der Waals surface area contributed by atoms with Gasteiger partial charge in [0, 0.05) is 19.8 Å². The molecule has 1 saturated heterocycles. The molecule has 0 amide bonds. The van der Waals surface area contributed by atoms with Crippen LogP contribution in [0, 0.1) is 0 Å². The van der Waals surface area contributed by atoms with Crippen molar-refractivity contribution in [2.75, 3.05) is 19.8 Å². The number of nitrogens with two attached hydrogens (primary N) is 1. The number of nitrogens with zero attached hydrogens (tertiary/aromatic N) is 1. The first kappa shape index (κ1) is 7.98. The van der Waals surface area contributed by atoms with E-state index >= 15 is 0 Å². The van der Waals surface area contributed by atoms with Crippen LogP contribution in [0.5, 0.6) is 0 Å². The zero-order chi connectivity index (χ0) is 7.40. The Bertz CT molecular complexity index is 88.9. The van der Waals surface area contributed by atoms with Gasteiger partial charge in [0.1, 0.15) is 0 Å². The van der Waals surface area contributed by atoms with Gasteiger partial charge < -0.3 is 11.1 Å². The summed E-state index contributed by atoms with van der Waals surface area (Å²) in [6.07, 6.45) is 2.57. The normalized spacial score (nSPS) is 23.4. The van der Waals surface area contributed by atoms with Crippen molar-refractivity contribution >= 4 is 0 Å². The molecule has 1 atom stereocenters. The van der Waals surface area contributed by atoms with Gasteiger partial charge in [0.25, 0.3) is 0 Å². The number of hydrogen-bond donors (Lipinski definition) is 2. The lowest BCUT2D eigenvalue weighted by Gasteiger charge is -2.21. The fourth-order valence-corrected chi connectivity index (χ4v) is 1.29. The third-order valence-corrected chi connectivity index (χ3v) is 1.94. The summed E-state index contributed by atoms with van der Waals surface area (Å²) in [5.41, 5.74) is 5.88. The summed E-state index contributed by atoms with van der Waals surface area (Å²) in [7, 11) is 0. The molecule has 1 rings (SSSR count).